The van der Waals surface area contributed by atoms with Crippen molar-refractivity contribution in [3.63, 3.8) is 0 Å². The van der Waals surface area contributed by atoms with E-state index < -0.39 is 0 Å². The lowest BCUT2D eigenvalue weighted by Gasteiger charge is -2.18. The zero-order valence-corrected chi connectivity index (χ0v) is 8.58. The second kappa shape index (κ2) is 4.69. The average molecular weight is 208 g/mol. The van der Waals surface area contributed by atoms with Crippen molar-refractivity contribution in [1.29, 1.82) is 0 Å². The molecule has 72 valence electrons. The van der Waals surface area contributed by atoms with E-state index in [1.54, 1.807) is 17.0 Å². The van der Waals surface area contributed by atoms with Gasteiger partial charge >= 0.3 is 0 Å². The van der Waals surface area contributed by atoms with Gasteiger partial charge in [0.15, 0.2) is 6.29 Å². The Morgan fingerprint density at radius 3 is 2.93 bits per heavy atom. The fraction of sp³-hybridized carbons (Fsp3) is 0.182. The van der Waals surface area contributed by atoms with Gasteiger partial charge in [0.1, 0.15) is 0 Å². The molecule has 0 atom stereocenters. The molecule has 1 aromatic carbocycles. The summed E-state index contributed by atoms with van der Waals surface area (Å²) in [6, 6.07) is 5.28. The van der Waals surface area contributed by atoms with E-state index in [9.17, 15) is 4.79 Å². The summed E-state index contributed by atoms with van der Waals surface area (Å²) in [7, 11) is 1.82. The molecule has 0 radical (unpaired) electrons. The number of anilines is 1. The van der Waals surface area contributed by atoms with Gasteiger partial charge in [-0.1, -0.05) is 23.6 Å². The second-order valence-electron chi connectivity index (χ2n) is 2.85. The van der Waals surface area contributed by atoms with Crippen LogP contribution < -0.4 is 4.90 Å². The van der Waals surface area contributed by atoms with Gasteiger partial charge in [-0.2, -0.15) is 0 Å². The molecule has 2 nitrogen and oxygen atoms in total. The molecule has 1 rings (SSSR count). The Morgan fingerprint density at radius 2 is 2.36 bits per heavy atom. The van der Waals surface area contributed by atoms with Crippen LogP contribution in [0.2, 0.25) is 5.02 Å². The van der Waals surface area contributed by atoms with Gasteiger partial charge in [0.25, 0.3) is 0 Å². The van der Waals surface area contributed by atoms with E-state index in [1.165, 1.54) is 0 Å². The Balaban J connectivity index is 3.14. The molecule has 0 aromatic heterocycles. The maximum absolute atomic E-state index is 10.8. The van der Waals surface area contributed by atoms with E-state index in [2.05, 4.69) is 5.92 Å². The van der Waals surface area contributed by atoms with Crippen LogP contribution in [0.15, 0.2) is 18.2 Å². The highest BCUT2D eigenvalue weighted by atomic mass is 35.5. The fourth-order valence-corrected chi connectivity index (χ4v) is 1.41. The van der Waals surface area contributed by atoms with Crippen molar-refractivity contribution >= 4 is 23.6 Å². The minimum absolute atomic E-state index is 0.446. The molecule has 0 fully saturated rings. The predicted molar refractivity (Wildman–Crippen MR) is 58.9 cm³/mol. The Hall–Kier alpha value is -1.46. The van der Waals surface area contributed by atoms with Crippen molar-refractivity contribution in [2.45, 2.75) is 0 Å². The third kappa shape index (κ3) is 2.07. The highest BCUT2D eigenvalue weighted by Crippen LogP contribution is 2.24. The topological polar surface area (TPSA) is 20.3 Å². The average Bonchev–Trinajstić information content (AvgIpc) is 2.17. The molecule has 0 unspecified atom stereocenters. The van der Waals surface area contributed by atoms with Gasteiger partial charge in [-0.3, -0.25) is 4.79 Å². The molecule has 0 aliphatic rings. The van der Waals surface area contributed by atoms with E-state index in [0.29, 0.717) is 17.1 Å². The zero-order valence-electron chi connectivity index (χ0n) is 7.83. The Bertz CT molecular complexity index is 381. The highest BCUT2D eigenvalue weighted by Gasteiger charge is 2.08. The molecule has 0 bridgehead atoms. The Kier molecular flexibility index (Phi) is 3.55. The number of hydrogen-bond donors (Lipinski definition) is 0. The zero-order chi connectivity index (χ0) is 10.6. The van der Waals surface area contributed by atoms with Gasteiger partial charge in [-0.25, -0.2) is 0 Å². The monoisotopic (exact) mass is 207 g/mol. The number of carbonyl (C=O) groups is 1. The summed E-state index contributed by atoms with van der Waals surface area (Å²) in [6.45, 7) is 0.446. The lowest BCUT2D eigenvalue weighted by molar-refractivity contribution is 0.112. The lowest BCUT2D eigenvalue weighted by atomic mass is 10.2. The van der Waals surface area contributed by atoms with Crippen LogP contribution in [-0.2, 0) is 0 Å². The van der Waals surface area contributed by atoms with Crippen LogP contribution in [0.25, 0.3) is 0 Å². The molecule has 0 amide bonds. The predicted octanol–water partition coefficient (Wildman–Crippen LogP) is 2.22. The van der Waals surface area contributed by atoms with Crippen LogP contribution in [0.3, 0.4) is 0 Å². The van der Waals surface area contributed by atoms with Crippen LogP contribution in [0, 0.1) is 12.3 Å². The van der Waals surface area contributed by atoms with Crippen LogP contribution in [0.5, 0.6) is 0 Å². The first-order valence-corrected chi connectivity index (χ1v) is 4.46. The summed E-state index contributed by atoms with van der Waals surface area (Å²) >= 11 is 5.86. The van der Waals surface area contributed by atoms with Crippen molar-refractivity contribution in [1.82, 2.24) is 0 Å². The molecule has 0 saturated heterocycles. The lowest BCUT2D eigenvalue weighted by Crippen LogP contribution is -2.18. The smallest absolute Gasteiger partial charge is 0.153 e. The number of terminal acetylenes is 1. The molecule has 0 heterocycles. The SMILES string of the molecule is C#CCN(C)c1cccc(Cl)c1C=O. The summed E-state index contributed by atoms with van der Waals surface area (Å²) in [6.07, 6.45) is 5.92. The molecule has 1 aromatic rings. The molecule has 0 saturated carbocycles. The molecule has 3 heteroatoms. The van der Waals surface area contributed by atoms with Crippen molar-refractivity contribution in [3.8, 4) is 12.3 Å². The van der Waals surface area contributed by atoms with Crippen LogP contribution in [0.1, 0.15) is 10.4 Å². The molecular formula is C11H10ClNO. The Morgan fingerprint density at radius 1 is 1.64 bits per heavy atom. The van der Waals surface area contributed by atoms with E-state index in [1.807, 2.05) is 13.1 Å². The largest absolute Gasteiger partial charge is 0.363 e. The van der Waals surface area contributed by atoms with Gasteiger partial charge in [0, 0.05) is 12.7 Å². The highest BCUT2D eigenvalue weighted by molar-refractivity contribution is 6.33. The maximum atomic E-state index is 10.8. The van der Waals surface area contributed by atoms with Gasteiger partial charge in [0.05, 0.1) is 17.1 Å². The van der Waals surface area contributed by atoms with Gasteiger partial charge in [-0.15, -0.1) is 6.42 Å². The molecular weight excluding hydrogens is 198 g/mol. The number of carbonyl (C=O) groups excluding carboxylic acids is 1. The van der Waals surface area contributed by atoms with Gasteiger partial charge < -0.3 is 4.90 Å². The number of rotatable bonds is 3. The van der Waals surface area contributed by atoms with Crippen molar-refractivity contribution in [2.75, 3.05) is 18.5 Å². The first-order valence-electron chi connectivity index (χ1n) is 4.09. The molecule has 0 N–H and O–H groups in total. The van der Waals surface area contributed by atoms with Crippen molar-refractivity contribution in [3.05, 3.63) is 28.8 Å². The van der Waals surface area contributed by atoms with E-state index in [4.69, 9.17) is 18.0 Å². The quantitative estimate of drug-likeness (QED) is 0.560. The standard InChI is InChI=1S/C11H10ClNO/c1-3-7-13(2)11-6-4-5-10(12)9(11)8-14/h1,4-6,8H,7H2,2H3. The molecule has 0 aliphatic heterocycles. The Labute approximate surface area is 88.5 Å². The number of hydrogen-bond acceptors (Lipinski definition) is 2. The number of aldehydes is 1. The molecule has 0 aliphatic carbocycles. The van der Waals surface area contributed by atoms with Crippen LogP contribution in [-0.4, -0.2) is 19.9 Å². The second-order valence-corrected chi connectivity index (χ2v) is 3.26. The molecule has 14 heavy (non-hydrogen) atoms. The minimum atomic E-state index is 0.446. The number of nitrogens with zero attached hydrogens (tertiary/aromatic N) is 1. The molecule has 0 spiro atoms. The summed E-state index contributed by atoms with van der Waals surface area (Å²) < 4.78 is 0. The van der Waals surface area contributed by atoms with Crippen LogP contribution >= 0.6 is 11.6 Å². The summed E-state index contributed by atoms with van der Waals surface area (Å²) in [4.78, 5) is 12.6. The summed E-state index contributed by atoms with van der Waals surface area (Å²) in [5, 5.41) is 0.446. The number of benzene rings is 1. The first-order chi connectivity index (χ1) is 6.70. The first kappa shape index (κ1) is 10.6. The van der Waals surface area contributed by atoms with Crippen molar-refractivity contribution in [2.24, 2.45) is 0 Å². The third-order valence-electron chi connectivity index (χ3n) is 1.89. The van der Waals surface area contributed by atoms with E-state index >= 15 is 0 Å². The van der Waals surface area contributed by atoms with Gasteiger partial charge in [-0.05, 0) is 12.1 Å². The minimum Gasteiger partial charge on any atom is -0.363 e. The van der Waals surface area contributed by atoms with Gasteiger partial charge in [0.2, 0.25) is 0 Å². The summed E-state index contributed by atoms with van der Waals surface area (Å²) in [5.74, 6) is 2.50. The fourth-order valence-electron chi connectivity index (χ4n) is 1.20. The van der Waals surface area contributed by atoms with E-state index in [-0.39, 0.29) is 0 Å². The number of halogens is 1. The van der Waals surface area contributed by atoms with Crippen molar-refractivity contribution < 1.29 is 4.79 Å². The normalized spacial score (nSPS) is 9.21. The summed E-state index contributed by atoms with van der Waals surface area (Å²) in [5.41, 5.74) is 1.23. The van der Waals surface area contributed by atoms with Crippen LogP contribution in [0.4, 0.5) is 5.69 Å². The maximum Gasteiger partial charge on any atom is 0.153 e. The third-order valence-corrected chi connectivity index (χ3v) is 2.22. The van der Waals surface area contributed by atoms with E-state index in [0.717, 1.165) is 12.0 Å².